The number of rotatable bonds is 3. The van der Waals surface area contributed by atoms with Gasteiger partial charge in [0.05, 0.1) is 0 Å². The van der Waals surface area contributed by atoms with E-state index in [2.05, 4.69) is 31.0 Å². The molecule has 0 spiro atoms. The van der Waals surface area contributed by atoms with Crippen molar-refractivity contribution in [3.8, 4) is 0 Å². The first-order valence-corrected chi connectivity index (χ1v) is 6.69. The van der Waals surface area contributed by atoms with Crippen LogP contribution in [0, 0.1) is 11.8 Å². The Morgan fingerprint density at radius 3 is 2.73 bits per heavy atom. The van der Waals surface area contributed by atoms with Crippen LogP contribution in [-0.4, -0.2) is 36.6 Å². The van der Waals surface area contributed by atoms with Crippen molar-refractivity contribution in [3.63, 3.8) is 0 Å². The molecule has 2 heterocycles. The van der Waals surface area contributed by atoms with E-state index in [1.54, 1.807) is 0 Å². The molecule has 88 valence electrons. The average Bonchev–Trinajstić information content (AvgIpc) is 2.61. The van der Waals surface area contributed by atoms with Crippen molar-refractivity contribution in [1.82, 2.24) is 10.2 Å². The number of nitrogens with one attached hydrogen (secondary N) is 1. The van der Waals surface area contributed by atoms with Crippen molar-refractivity contribution in [2.75, 3.05) is 19.6 Å². The molecule has 2 aliphatic rings. The van der Waals surface area contributed by atoms with Crippen molar-refractivity contribution in [3.05, 3.63) is 0 Å². The van der Waals surface area contributed by atoms with Gasteiger partial charge in [-0.25, -0.2) is 0 Å². The van der Waals surface area contributed by atoms with Gasteiger partial charge in [-0.3, -0.25) is 4.90 Å². The lowest BCUT2D eigenvalue weighted by molar-refractivity contribution is 0.178. The molecule has 3 atom stereocenters. The summed E-state index contributed by atoms with van der Waals surface area (Å²) < 4.78 is 0. The van der Waals surface area contributed by atoms with Gasteiger partial charge in [0.1, 0.15) is 0 Å². The lowest BCUT2D eigenvalue weighted by atomic mass is 9.94. The number of nitrogens with zero attached hydrogens (tertiary/aromatic N) is 1. The zero-order valence-electron chi connectivity index (χ0n) is 10.5. The third kappa shape index (κ3) is 2.36. The second-order valence-corrected chi connectivity index (χ2v) is 5.64. The Morgan fingerprint density at radius 1 is 1.33 bits per heavy atom. The molecule has 0 aromatic carbocycles. The molecule has 0 aromatic heterocycles. The largest absolute Gasteiger partial charge is 0.312 e. The molecule has 0 saturated carbocycles. The topological polar surface area (TPSA) is 15.3 Å². The Morgan fingerprint density at radius 2 is 2.13 bits per heavy atom. The monoisotopic (exact) mass is 210 g/mol. The maximum absolute atomic E-state index is 3.69. The highest BCUT2D eigenvalue weighted by Crippen LogP contribution is 2.28. The van der Waals surface area contributed by atoms with E-state index in [0.717, 1.165) is 23.9 Å². The molecule has 0 aliphatic carbocycles. The third-order valence-corrected chi connectivity index (χ3v) is 4.28. The molecule has 2 aliphatic heterocycles. The van der Waals surface area contributed by atoms with Crippen LogP contribution in [0.25, 0.3) is 0 Å². The standard InChI is InChI=1S/C13H26N2/c1-4-13(10(2)3)15-8-11-6-5-7-14-12(11)9-15/h10-14H,4-9H2,1-3H3. The quantitative estimate of drug-likeness (QED) is 0.767. The fourth-order valence-corrected chi connectivity index (χ4v) is 3.50. The minimum Gasteiger partial charge on any atom is -0.312 e. The zero-order chi connectivity index (χ0) is 10.8. The molecule has 2 fully saturated rings. The second-order valence-electron chi connectivity index (χ2n) is 5.64. The predicted molar refractivity (Wildman–Crippen MR) is 65.0 cm³/mol. The molecular weight excluding hydrogens is 184 g/mol. The molecule has 2 saturated heterocycles. The van der Waals surface area contributed by atoms with Gasteiger partial charge in [0.15, 0.2) is 0 Å². The van der Waals surface area contributed by atoms with Crippen LogP contribution in [0.15, 0.2) is 0 Å². The fourth-order valence-electron chi connectivity index (χ4n) is 3.50. The summed E-state index contributed by atoms with van der Waals surface area (Å²) in [5.74, 6) is 1.74. The van der Waals surface area contributed by atoms with E-state index in [-0.39, 0.29) is 0 Å². The number of piperidine rings is 1. The summed E-state index contributed by atoms with van der Waals surface area (Å²) in [6.45, 7) is 10.9. The molecule has 0 radical (unpaired) electrons. The predicted octanol–water partition coefficient (Wildman–Crippen LogP) is 2.10. The number of hydrogen-bond donors (Lipinski definition) is 1. The summed E-state index contributed by atoms with van der Waals surface area (Å²) in [6, 6.07) is 1.60. The van der Waals surface area contributed by atoms with E-state index < -0.39 is 0 Å². The minimum absolute atomic E-state index is 0.798. The van der Waals surface area contributed by atoms with Crippen LogP contribution in [0.1, 0.15) is 40.0 Å². The fraction of sp³-hybridized carbons (Fsp3) is 1.00. The van der Waals surface area contributed by atoms with E-state index in [1.807, 2.05) is 0 Å². The van der Waals surface area contributed by atoms with E-state index in [4.69, 9.17) is 0 Å². The molecule has 0 aromatic rings. The Bertz CT molecular complexity index is 189. The van der Waals surface area contributed by atoms with Crippen LogP contribution in [-0.2, 0) is 0 Å². The Balaban J connectivity index is 1.95. The molecule has 3 unspecified atom stereocenters. The molecule has 15 heavy (non-hydrogen) atoms. The Kier molecular flexibility index (Phi) is 3.68. The average molecular weight is 210 g/mol. The second kappa shape index (κ2) is 4.84. The van der Waals surface area contributed by atoms with Crippen LogP contribution >= 0.6 is 0 Å². The van der Waals surface area contributed by atoms with Crippen molar-refractivity contribution >= 4 is 0 Å². The van der Waals surface area contributed by atoms with Crippen molar-refractivity contribution < 1.29 is 0 Å². The number of hydrogen-bond acceptors (Lipinski definition) is 2. The highest BCUT2D eigenvalue weighted by molar-refractivity contribution is 4.94. The summed E-state index contributed by atoms with van der Waals surface area (Å²) in [7, 11) is 0. The van der Waals surface area contributed by atoms with Gasteiger partial charge in [-0.15, -0.1) is 0 Å². The normalized spacial score (nSPS) is 34.4. The van der Waals surface area contributed by atoms with Gasteiger partial charge < -0.3 is 5.32 Å². The number of fused-ring (bicyclic) bond motifs is 1. The van der Waals surface area contributed by atoms with Gasteiger partial charge in [-0.1, -0.05) is 20.8 Å². The SMILES string of the molecule is CCC(C(C)C)N1CC2CCCNC2C1. The molecular formula is C13H26N2. The van der Waals surface area contributed by atoms with Crippen molar-refractivity contribution in [2.24, 2.45) is 11.8 Å². The Hall–Kier alpha value is -0.0800. The summed E-state index contributed by atoms with van der Waals surface area (Å²) >= 11 is 0. The first-order valence-electron chi connectivity index (χ1n) is 6.69. The van der Waals surface area contributed by atoms with Gasteiger partial charge in [0.2, 0.25) is 0 Å². The first-order chi connectivity index (χ1) is 7.22. The van der Waals surface area contributed by atoms with Gasteiger partial charge in [0, 0.05) is 25.2 Å². The highest BCUT2D eigenvalue weighted by Gasteiger charge is 2.37. The highest BCUT2D eigenvalue weighted by atomic mass is 15.2. The molecule has 0 amide bonds. The smallest absolute Gasteiger partial charge is 0.0235 e. The van der Waals surface area contributed by atoms with E-state index in [9.17, 15) is 0 Å². The zero-order valence-corrected chi connectivity index (χ0v) is 10.5. The maximum atomic E-state index is 3.69. The van der Waals surface area contributed by atoms with Crippen LogP contribution in [0.5, 0.6) is 0 Å². The summed E-state index contributed by atoms with van der Waals surface area (Å²) in [4.78, 5) is 2.73. The van der Waals surface area contributed by atoms with Crippen LogP contribution in [0.3, 0.4) is 0 Å². The molecule has 2 heteroatoms. The van der Waals surface area contributed by atoms with Crippen LogP contribution in [0.4, 0.5) is 0 Å². The summed E-state index contributed by atoms with van der Waals surface area (Å²) in [6.07, 6.45) is 4.13. The van der Waals surface area contributed by atoms with E-state index in [0.29, 0.717) is 0 Å². The molecule has 1 N–H and O–H groups in total. The lowest BCUT2D eigenvalue weighted by Crippen LogP contribution is -2.42. The van der Waals surface area contributed by atoms with Crippen LogP contribution in [0.2, 0.25) is 0 Å². The van der Waals surface area contributed by atoms with Crippen molar-refractivity contribution in [1.29, 1.82) is 0 Å². The lowest BCUT2D eigenvalue weighted by Gasteiger charge is -2.30. The first kappa shape index (κ1) is 11.4. The summed E-state index contributed by atoms with van der Waals surface area (Å²) in [5.41, 5.74) is 0. The third-order valence-electron chi connectivity index (χ3n) is 4.28. The van der Waals surface area contributed by atoms with Crippen LogP contribution < -0.4 is 5.32 Å². The maximum Gasteiger partial charge on any atom is 0.0235 e. The number of likely N-dealkylation sites (tertiary alicyclic amines) is 1. The van der Waals surface area contributed by atoms with E-state index >= 15 is 0 Å². The van der Waals surface area contributed by atoms with Gasteiger partial charge in [-0.2, -0.15) is 0 Å². The minimum atomic E-state index is 0.798. The summed E-state index contributed by atoms with van der Waals surface area (Å²) in [5, 5.41) is 3.69. The van der Waals surface area contributed by atoms with Gasteiger partial charge >= 0.3 is 0 Å². The van der Waals surface area contributed by atoms with Crippen molar-refractivity contribution in [2.45, 2.75) is 52.1 Å². The van der Waals surface area contributed by atoms with E-state index in [1.165, 1.54) is 38.9 Å². The van der Waals surface area contributed by atoms with Gasteiger partial charge in [0.25, 0.3) is 0 Å². The Labute approximate surface area is 94.4 Å². The molecule has 2 nitrogen and oxygen atoms in total. The van der Waals surface area contributed by atoms with Gasteiger partial charge in [-0.05, 0) is 37.6 Å². The molecule has 0 bridgehead atoms. The molecule has 2 rings (SSSR count).